The Hall–Kier alpha value is -2.27. The molecule has 1 amide bonds. The Balaban J connectivity index is 1.61. The molecule has 1 aliphatic carbocycles. The number of nitrogens with one attached hydrogen (secondary N) is 1. The third kappa shape index (κ3) is 2.90. The molecule has 1 unspecified atom stereocenters. The van der Waals surface area contributed by atoms with Crippen LogP contribution in [0, 0.1) is 19.8 Å². The van der Waals surface area contributed by atoms with Gasteiger partial charge < -0.3 is 19.7 Å². The molecule has 1 saturated carbocycles. The molecule has 26 heavy (non-hydrogen) atoms. The van der Waals surface area contributed by atoms with Crippen molar-refractivity contribution < 1.29 is 14.6 Å². The topological polar surface area (TPSA) is 63.5 Å². The summed E-state index contributed by atoms with van der Waals surface area (Å²) in [5.74, 6) is 1.16. The highest BCUT2D eigenvalue weighted by Crippen LogP contribution is 2.40. The summed E-state index contributed by atoms with van der Waals surface area (Å²) >= 11 is 0. The van der Waals surface area contributed by atoms with Gasteiger partial charge in [-0.15, -0.1) is 0 Å². The molecule has 0 radical (unpaired) electrons. The number of nitrogens with zero attached hydrogens (tertiary/aromatic N) is 1. The molecular weight excluding hydrogens is 328 g/mol. The number of aromatic nitrogens is 1. The van der Waals surface area contributed by atoms with Crippen LogP contribution in [0.3, 0.4) is 0 Å². The molecule has 1 aliphatic heterocycles. The van der Waals surface area contributed by atoms with Gasteiger partial charge >= 0.3 is 0 Å². The first-order chi connectivity index (χ1) is 12.4. The van der Waals surface area contributed by atoms with Crippen molar-refractivity contribution in [1.82, 2.24) is 9.88 Å². The Morgan fingerprint density at radius 2 is 2.08 bits per heavy atom. The van der Waals surface area contributed by atoms with Gasteiger partial charge in [0.05, 0.1) is 24.3 Å². The van der Waals surface area contributed by atoms with Gasteiger partial charge in [-0.3, -0.25) is 4.79 Å². The lowest BCUT2D eigenvalue weighted by Crippen LogP contribution is -2.41. The predicted octanol–water partition coefficient (Wildman–Crippen LogP) is 2.82. The maximum atomic E-state index is 13.0. The molecule has 0 bridgehead atoms. The van der Waals surface area contributed by atoms with Gasteiger partial charge in [0.15, 0.2) is 0 Å². The summed E-state index contributed by atoms with van der Waals surface area (Å²) in [5.41, 5.74) is 5.06. The number of fused-ring (bicyclic) bond motifs is 1. The number of hydrogen-bond acceptors (Lipinski definition) is 3. The van der Waals surface area contributed by atoms with Crippen LogP contribution in [0.25, 0.3) is 0 Å². The van der Waals surface area contributed by atoms with Crippen molar-refractivity contribution in [1.29, 1.82) is 0 Å². The number of ether oxygens (including phenoxy) is 1. The third-order valence-corrected chi connectivity index (χ3v) is 6.00. The van der Waals surface area contributed by atoms with E-state index >= 15 is 0 Å². The van der Waals surface area contributed by atoms with Gasteiger partial charge in [-0.05, 0) is 61.9 Å². The minimum absolute atomic E-state index is 0.0469. The van der Waals surface area contributed by atoms with Crippen LogP contribution in [0.1, 0.15) is 51.8 Å². The predicted molar refractivity (Wildman–Crippen MR) is 99.5 cm³/mol. The van der Waals surface area contributed by atoms with E-state index in [4.69, 9.17) is 4.74 Å². The molecule has 0 spiro atoms. The molecule has 2 N–H and O–H groups in total. The van der Waals surface area contributed by atoms with Crippen molar-refractivity contribution in [3.8, 4) is 5.75 Å². The van der Waals surface area contributed by atoms with E-state index in [1.807, 2.05) is 43.7 Å². The summed E-state index contributed by atoms with van der Waals surface area (Å²) in [5, 5.41) is 13.0. The zero-order valence-electron chi connectivity index (χ0n) is 15.6. The van der Waals surface area contributed by atoms with Gasteiger partial charge in [-0.25, -0.2) is 0 Å². The number of carbonyl (C=O) groups is 1. The molecule has 1 aromatic carbocycles. The highest BCUT2D eigenvalue weighted by Gasteiger charge is 2.36. The molecule has 1 aromatic heterocycles. The Morgan fingerprint density at radius 1 is 1.31 bits per heavy atom. The average molecular weight is 354 g/mol. The monoisotopic (exact) mass is 354 g/mol. The minimum Gasteiger partial charge on any atom is -0.493 e. The lowest BCUT2D eigenvalue weighted by Gasteiger charge is -2.38. The van der Waals surface area contributed by atoms with Gasteiger partial charge in [-0.2, -0.15) is 0 Å². The first kappa shape index (κ1) is 17.2. The quantitative estimate of drug-likeness (QED) is 0.887. The van der Waals surface area contributed by atoms with Crippen LogP contribution in [-0.2, 0) is 13.5 Å². The van der Waals surface area contributed by atoms with Crippen LogP contribution in [0.4, 0.5) is 0 Å². The Labute approximate surface area is 154 Å². The number of aryl methyl sites for hydroxylation is 1. The second kappa shape index (κ2) is 6.47. The smallest absolute Gasteiger partial charge is 0.253 e. The van der Waals surface area contributed by atoms with E-state index in [-0.39, 0.29) is 24.0 Å². The third-order valence-electron chi connectivity index (χ3n) is 6.00. The van der Waals surface area contributed by atoms with Crippen LogP contribution in [0.15, 0.2) is 24.3 Å². The molecule has 0 saturated heterocycles. The molecule has 1 atom stereocenters. The average Bonchev–Trinajstić information content (AvgIpc) is 3.16. The summed E-state index contributed by atoms with van der Waals surface area (Å²) in [6.45, 7) is 4.70. The fraction of sp³-hybridized carbons (Fsp3) is 0.476. The van der Waals surface area contributed by atoms with Crippen molar-refractivity contribution in [2.45, 2.75) is 45.3 Å². The maximum absolute atomic E-state index is 13.0. The van der Waals surface area contributed by atoms with Crippen molar-refractivity contribution >= 4 is 5.91 Å². The van der Waals surface area contributed by atoms with E-state index < -0.39 is 0 Å². The summed E-state index contributed by atoms with van der Waals surface area (Å²) in [6, 6.07) is 8.05. The summed E-state index contributed by atoms with van der Waals surface area (Å²) < 4.78 is 7.63. The number of carbonyl (C=O) groups excluding carboxylic acids is 1. The highest BCUT2D eigenvalue weighted by atomic mass is 16.5. The summed E-state index contributed by atoms with van der Waals surface area (Å²) in [6.07, 6.45) is 2.11. The normalized spacial score (nSPS) is 22.3. The molecule has 138 valence electrons. The number of amides is 1. The molecule has 1 fully saturated rings. The number of benzene rings is 1. The van der Waals surface area contributed by atoms with Crippen LogP contribution in [-0.4, -0.2) is 28.3 Å². The van der Waals surface area contributed by atoms with Gasteiger partial charge in [0.25, 0.3) is 5.91 Å². The van der Waals surface area contributed by atoms with E-state index in [1.165, 1.54) is 5.56 Å². The largest absolute Gasteiger partial charge is 0.493 e. The molecular formula is C21H26N2O3. The Morgan fingerprint density at radius 3 is 2.73 bits per heavy atom. The van der Waals surface area contributed by atoms with Gasteiger partial charge in [0, 0.05) is 24.9 Å². The number of aliphatic hydroxyl groups excluding tert-OH is 1. The van der Waals surface area contributed by atoms with Gasteiger partial charge in [-0.1, -0.05) is 6.07 Å². The van der Waals surface area contributed by atoms with Crippen molar-refractivity contribution in [2.75, 3.05) is 6.61 Å². The lowest BCUT2D eigenvalue weighted by atomic mass is 9.74. The molecule has 4 rings (SSSR count). The fourth-order valence-corrected chi connectivity index (χ4v) is 4.08. The van der Waals surface area contributed by atoms with Crippen LogP contribution in [0.5, 0.6) is 5.75 Å². The van der Waals surface area contributed by atoms with E-state index in [2.05, 4.69) is 11.4 Å². The van der Waals surface area contributed by atoms with Crippen molar-refractivity contribution in [2.24, 2.45) is 13.0 Å². The first-order valence-corrected chi connectivity index (χ1v) is 9.31. The molecule has 2 heterocycles. The number of aliphatic hydroxyl groups is 1. The van der Waals surface area contributed by atoms with E-state index in [1.54, 1.807) is 0 Å². The highest BCUT2D eigenvalue weighted by molar-refractivity contribution is 5.96. The zero-order chi connectivity index (χ0) is 18.4. The zero-order valence-corrected chi connectivity index (χ0v) is 15.6. The van der Waals surface area contributed by atoms with Crippen LogP contribution in [0.2, 0.25) is 0 Å². The lowest BCUT2D eigenvalue weighted by molar-refractivity contribution is 0.0235. The molecule has 2 aliphatic rings. The second-order valence-electron chi connectivity index (χ2n) is 7.65. The second-order valence-corrected chi connectivity index (χ2v) is 7.65. The van der Waals surface area contributed by atoms with Crippen LogP contribution < -0.4 is 10.1 Å². The van der Waals surface area contributed by atoms with E-state index in [9.17, 15) is 9.90 Å². The summed E-state index contributed by atoms with van der Waals surface area (Å²) in [7, 11) is 1.97. The van der Waals surface area contributed by atoms with Crippen LogP contribution >= 0.6 is 0 Å². The SMILES string of the molecule is Cc1cc(C(=O)NC(c2ccc3c(c2)CCO3)C2CC(O)C2)c(C)n1C. The molecule has 5 heteroatoms. The number of hydrogen-bond donors (Lipinski definition) is 2. The Kier molecular flexibility index (Phi) is 4.27. The molecule has 2 aromatic rings. The standard InChI is InChI=1S/C21H26N2O3/c1-12-8-18(13(2)23(12)3)21(25)22-20(16-10-17(24)11-16)15-4-5-19-14(9-15)6-7-26-19/h4-5,8-9,16-17,20,24H,6-7,10-11H2,1-3H3,(H,22,25). The van der Waals surface area contributed by atoms with Crippen molar-refractivity contribution in [3.05, 3.63) is 52.3 Å². The van der Waals surface area contributed by atoms with Crippen molar-refractivity contribution in [3.63, 3.8) is 0 Å². The fourth-order valence-electron chi connectivity index (χ4n) is 4.08. The first-order valence-electron chi connectivity index (χ1n) is 9.31. The number of rotatable bonds is 4. The van der Waals surface area contributed by atoms with E-state index in [0.29, 0.717) is 0 Å². The molecule has 5 nitrogen and oxygen atoms in total. The minimum atomic E-state index is -0.252. The van der Waals surface area contributed by atoms with Gasteiger partial charge in [0.2, 0.25) is 0 Å². The Bertz CT molecular complexity index is 849. The maximum Gasteiger partial charge on any atom is 0.253 e. The van der Waals surface area contributed by atoms with E-state index in [0.717, 1.165) is 54.1 Å². The van der Waals surface area contributed by atoms with Gasteiger partial charge in [0.1, 0.15) is 5.75 Å². The summed E-state index contributed by atoms with van der Waals surface area (Å²) in [4.78, 5) is 13.0.